The van der Waals surface area contributed by atoms with Crippen molar-refractivity contribution in [3.05, 3.63) is 47.0 Å². The number of hydrogen-bond acceptors (Lipinski definition) is 5. The summed E-state index contributed by atoms with van der Waals surface area (Å²) in [5, 5.41) is 18.7. The lowest BCUT2D eigenvalue weighted by atomic mass is 10.1. The molecule has 1 aromatic heterocycles. The first-order valence-corrected chi connectivity index (χ1v) is 8.08. The van der Waals surface area contributed by atoms with Crippen LogP contribution in [-0.2, 0) is 4.79 Å². The number of aromatic amines is 1. The van der Waals surface area contributed by atoms with Gasteiger partial charge in [0.1, 0.15) is 11.5 Å². The van der Waals surface area contributed by atoms with Gasteiger partial charge in [0.15, 0.2) is 12.3 Å². The van der Waals surface area contributed by atoms with Gasteiger partial charge in [0, 0.05) is 10.4 Å². The van der Waals surface area contributed by atoms with Gasteiger partial charge in [-0.3, -0.25) is 4.79 Å². The molecule has 2 N–H and O–H groups in total. The van der Waals surface area contributed by atoms with Gasteiger partial charge in [0.25, 0.3) is 0 Å². The number of methoxy groups -OCH3 is 1. The number of carbonyl (C=O) groups excluding carboxylic acids is 1. The van der Waals surface area contributed by atoms with E-state index in [1.807, 2.05) is 6.92 Å². The van der Waals surface area contributed by atoms with Gasteiger partial charge >= 0.3 is 5.91 Å². The molecule has 7 nitrogen and oxygen atoms in total. The molecule has 0 aliphatic heterocycles. The summed E-state index contributed by atoms with van der Waals surface area (Å²) >= 11 is 6.06. The summed E-state index contributed by atoms with van der Waals surface area (Å²) in [7, 11) is 1.56. The number of aryl methyl sites for hydroxylation is 1. The minimum absolute atomic E-state index is 0.178. The molecular formula is C18H16ClN3O4. The lowest BCUT2D eigenvalue weighted by molar-refractivity contribution is -0.120. The molecule has 3 aromatic rings. The van der Waals surface area contributed by atoms with Crippen molar-refractivity contribution in [2.75, 3.05) is 13.7 Å². The van der Waals surface area contributed by atoms with Gasteiger partial charge in [0.2, 0.25) is 5.88 Å². The third-order valence-corrected chi connectivity index (χ3v) is 4.21. The summed E-state index contributed by atoms with van der Waals surface area (Å²) in [4.78, 5) is 14.7. The molecule has 1 heterocycles. The van der Waals surface area contributed by atoms with E-state index in [9.17, 15) is 9.90 Å². The minimum Gasteiger partial charge on any atom is -0.497 e. The van der Waals surface area contributed by atoms with Gasteiger partial charge in [-0.1, -0.05) is 11.6 Å². The van der Waals surface area contributed by atoms with E-state index in [2.05, 4.69) is 15.2 Å². The quantitative estimate of drug-likeness (QED) is 0.642. The minimum atomic E-state index is -0.583. The topological polar surface area (TPSA) is 96.3 Å². The Balaban J connectivity index is 1.71. The zero-order valence-corrected chi connectivity index (χ0v) is 14.9. The second kappa shape index (κ2) is 7.45. The number of hydrogen-bond donors (Lipinski definition) is 2. The summed E-state index contributed by atoms with van der Waals surface area (Å²) in [6.07, 6.45) is 0. The Morgan fingerprint density at radius 2 is 1.88 bits per heavy atom. The molecule has 2 aromatic carbocycles. The zero-order chi connectivity index (χ0) is 18.7. The van der Waals surface area contributed by atoms with Crippen LogP contribution in [0.5, 0.6) is 17.4 Å². The van der Waals surface area contributed by atoms with Crippen molar-refractivity contribution in [2.45, 2.75) is 6.92 Å². The zero-order valence-electron chi connectivity index (χ0n) is 14.1. The van der Waals surface area contributed by atoms with Crippen LogP contribution >= 0.6 is 11.6 Å². The molecule has 0 unspecified atom stereocenters. The molecule has 0 aliphatic rings. The summed E-state index contributed by atoms with van der Waals surface area (Å²) in [5.41, 5.74) is 1.60. The maximum Gasteiger partial charge on any atom is 0.302 e. The van der Waals surface area contributed by atoms with E-state index in [0.29, 0.717) is 27.4 Å². The Morgan fingerprint density at radius 3 is 2.58 bits per heavy atom. The fraction of sp³-hybridized carbons (Fsp3) is 0.167. The molecule has 134 valence electrons. The number of H-pyrrole nitrogens is 1. The second-order valence-corrected chi connectivity index (χ2v) is 5.88. The summed E-state index contributed by atoms with van der Waals surface area (Å²) in [6.45, 7) is 1.54. The van der Waals surface area contributed by atoms with Gasteiger partial charge in [-0.05, 0) is 48.9 Å². The Hall–Kier alpha value is -3.06. The monoisotopic (exact) mass is 373 g/mol. The summed E-state index contributed by atoms with van der Waals surface area (Å²) < 4.78 is 10.4. The van der Waals surface area contributed by atoms with E-state index in [-0.39, 0.29) is 18.2 Å². The lowest BCUT2D eigenvalue weighted by Crippen LogP contribution is -2.07. The maximum absolute atomic E-state index is 11.9. The van der Waals surface area contributed by atoms with Crippen LogP contribution in [0.15, 0.2) is 46.6 Å². The van der Waals surface area contributed by atoms with Crippen molar-refractivity contribution in [1.82, 2.24) is 4.98 Å². The van der Waals surface area contributed by atoms with Crippen LogP contribution in [0.1, 0.15) is 5.56 Å². The molecule has 0 aliphatic carbocycles. The fourth-order valence-electron chi connectivity index (χ4n) is 2.40. The highest BCUT2D eigenvalue weighted by molar-refractivity contribution is 6.32. The number of aromatic hydroxyl groups is 1. The molecule has 0 radical (unpaired) electrons. The van der Waals surface area contributed by atoms with Gasteiger partial charge in [-0.2, -0.15) is 0 Å². The van der Waals surface area contributed by atoms with Crippen molar-refractivity contribution in [3.63, 3.8) is 0 Å². The molecule has 0 atom stereocenters. The predicted molar refractivity (Wildman–Crippen MR) is 97.7 cm³/mol. The summed E-state index contributed by atoms with van der Waals surface area (Å²) in [6, 6.07) is 10.2. The van der Waals surface area contributed by atoms with Crippen LogP contribution in [0.2, 0.25) is 5.02 Å². The highest BCUT2D eigenvalue weighted by Crippen LogP contribution is 2.38. The number of nitrogens with one attached hydrogen (secondary N) is 1. The van der Waals surface area contributed by atoms with E-state index in [1.54, 1.807) is 43.5 Å². The smallest absolute Gasteiger partial charge is 0.302 e. The molecule has 26 heavy (non-hydrogen) atoms. The Kier molecular flexibility index (Phi) is 5.09. The van der Waals surface area contributed by atoms with Crippen LogP contribution in [-0.4, -0.2) is 29.7 Å². The van der Waals surface area contributed by atoms with Crippen LogP contribution in [0.4, 0.5) is 5.69 Å². The van der Waals surface area contributed by atoms with Crippen molar-refractivity contribution >= 4 is 34.1 Å². The Bertz CT molecular complexity index is 980. The molecule has 1 amide bonds. The van der Waals surface area contributed by atoms with E-state index in [1.165, 1.54) is 0 Å². The molecular weight excluding hydrogens is 358 g/mol. The number of fused-ring (bicyclic) bond motifs is 1. The number of ether oxygens (including phenoxy) is 2. The molecule has 0 saturated heterocycles. The third kappa shape index (κ3) is 3.62. The number of benzene rings is 2. The normalized spacial score (nSPS) is 11.2. The number of azo groups is 1. The van der Waals surface area contributed by atoms with Gasteiger partial charge in [0.05, 0.1) is 12.6 Å². The van der Waals surface area contributed by atoms with E-state index in [0.717, 1.165) is 5.56 Å². The third-order valence-electron chi connectivity index (χ3n) is 3.81. The van der Waals surface area contributed by atoms with Gasteiger partial charge in [-0.15, -0.1) is 10.2 Å². The molecule has 0 fully saturated rings. The predicted octanol–water partition coefficient (Wildman–Crippen LogP) is 4.53. The highest BCUT2D eigenvalue weighted by Gasteiger charge is 2.14. The van der Waals surface area contributed by atoms with Gasteiger partial charge in [-0.25, -0.2) is 0 Å². The first kappa shape index (κ1) is 17.8. The maximum atomic E-state index is 11.9. The number of nitrogens with zero attached hydrogens (tertiary/aromatic N) is 2. The van der Waals surface area contributed by atoms with Gasteiger partial charge < -0.3 is 19.6 Å². The van der Waals surface area contributed by atoms with E-state index >= 15 is 0 Å². The average Bonchev–Trinajstić information content (AvgIpc) is 2.98. The summed E-state index contributed by atoms with van der Waals surface area (Å²) in [5.74, 6) is 0.432. The van der Waals surface area contributed by atoms with Crippen LogP contribution in [0, 0.1) is 6.92 Å². The molecule has 0 bridgehead atoms. The van der Waals surface area contributed by atoms with Crippen molar-refractivity contribution in [3.8, 4) is 17.4 Å². The van der Waals surface area contributed by atoms with Crippen molar-refractivity contribution < 1.29 is 19.4 Å². The molecule has 8 heteroatoms. The van der Waals surface area contributed by atoms with Crippen LogP contribution in [0.3, 0.4) is 0 Å². The lowest BCUT2D eigenvalue weighted by Gasteiger charge is -2.04. The standard InChI is InChI=1S/C18H16ClN3O4/c1-10-14(19)8-7-13-16(10)20-18(24)17(13)22-21-15(23)9-26-12-5-3-11(25-2)4-6-12/h3-8,20,24H,9H2,1-2H3. The Morgan fingerprint density at radius 1 is 1.19 bits per heavy atom. The van der Waals surface area contributed by atoms with Crippen LogP contribution in [0.25, 0.3) is 10.9 Å². The number of amides is 1. The fourth-order valence-corrected chi connectivity index (χ4v) is 2.56. The molecule has 0 saturated carbocycles. The first-order chi connectivity index (χ1) is 12.5. The largest absolute Gasteiger partial charge is 0.497 e. The number of aromatic nitrogens is 1. The molecule has 0 spiro atoms. The molecule has 3 rings (SSSR count). The van der Waals surface area contributed by atoms with Crippen molar-refractivity contribution in [2.24, 2.45) is 10.2 Å². The highest BCUT2D eigenvalue weighted by atomic mass is 35.5. The Labute approximate surface area is 154 Å². The average molecular weight is 374 g/mol. The number of carbonyl (C=O) groups is 1. The van der Waals surface area contributed by atoms with E-state index in [4.69, 9.17) is 21.1 Å². The van der Waals surface area contributed by atoms with Crippen LogP contribution < -0.4 is 9.47 Å². The first-order valence-electron chi connectivity index (χ1n) is 7.70. The number of halogens is 1. The van der Waals surface area contributed by atoms with E-state index < -0.39 is 5.91 Å². The second-order valence-electron chi connectivity index (χ2n) is 5.48. The SMILES string of the molecule is COc1ccc(OCC(=O)N=Nc2c(O)[nH]c3c(C)c(Cl)ccc23)cc1. The van der Waals surface area contributed by atoms with Crippen molar-refractivity contribution in [1.29, 1.82) is 0 Å². The number of rotatable bonds is 5.